The van der Waals surface area contributed by atoms with E-state index in [2.05, 4.69) is 24.2 Å². The molecule has 0 aliphatic carbocycles. The summed E-state index contributed by atoms with van der Waals surface area (Å²) >= 11 is 7.58. The molecular weight excluding hydrogens is 449 g/mol. The Kier molecular flexibility index (Phi) is 8.06. The van der Waals surface area contributed by atoms with Crippen LogP contribution in [0, 0.1) is 5.82 Å². The van der Waals surface area contributed by atoms with Crippen LogP contribution >= 0.6 is 23.4 Å². The predicted octanol–water partition coefficient (Wildman–Crippen LogP) is 6.45. The molecule has 0 bridgehead atoms. The number of amides is 1. The maximum atomic E-state index is 14.4. The van der Waals surface area contributed by atoms with Gasteiger partial charge in [0.15, 0.2) is 11.0 Å². The number of anilines is 1. The van der Waals surface area contributed by atoms with Crippen molar-refractivity contribution in [2.75, 3.05) is 18.1 Å². The number of aliphatic imine (C=N–C) groups is 1. The highest BCUT2D eigenvalue weighted by atomic mass is 35.5. The van der Waals surface area contributed by atoms with Gasteiger partial charge >= 0.3 is 0 Å². The zero-order valence-electron chi connectivity index (χ0n) is 19.0. The highest BCUT2D eigenvalue weighted by Crippen LogP contribution is 2.35. The van der Waals surface area contributed by atoms with Gasteiger partial charge in [0.1, 0.15) is 11.4 Å². The lowest BCUT2D eigenvalue weighted by atomic mass is 10.0. The molecule has 0 saturated carbocycles. The first-order valence-electron chi connectivity index (χ1n) is 10.6. The van der Waals surface area contributed by atoms with Crippen molar-refractivity contribution in [1.82, 2.24) is 4.90 Å². The first-order valence-corrected chi connectivity index (χ1v) is 12.0. The number of carbonyl (C=O) groups excluding carboxylic acids is 1. The minimum absolute atomic E-state index is 0.0320. The Hall–Kier alpha value is -2.25. The number of nitrogens with zero attached hydrogens (tertiary/aromatic N) is 2. The maximum absolute atomic E-state index is 14.4. The van der Waals surface area contributed by atoms with Crippen molar-refractivity contribution in [2.45, 2.75) is 52.2 Å². The van der Waals surface area contributed by atoms with Crippen LogP contribution in [0.5, 0.6) is 5.75 Å². The Morgan fingerprint density at radius 2 is 1.97 bits per heavy atom. The monoisotopic (exact) mass is 477 g/mol. The van der Waals surface area contributed by atoms with E-state index < -0.39 is 5.82 Å². The molecule has 3 rings (SSSR count). The van der Waals surface area contributed by atoms with Crippen molar-refractivity contribution in [1.29, 1.82) is 0 Å². The van der Waals surface area contributed by atoms with E-state index in [0.29, 0.717) is 29.0 Å². The third kappa shape index (κ3) is 6.17. The third-order valence-electron chi connectivity index (χ3n) is 5.12. The van der Waals surface area contributed by atoms with Crippen LogP contribution in [0.4, 0.5) is 15.8 Å². The van der Waals surface area contributed by atoms with Crippen molar-refractivity contribution in [3.05, 3.63) is 52.8 Å². The fourth-order valence-electron chi connectivity index (χ4n) is 3.28. The standard InChI is InChI=1S/C24H29ClFN3O2S/c1-14(2)16-6-8-17(9-7-16)27-23(30)10-18-13-32-24(29(18)5)28-21-12-22(31-15(3)4)19(25)11-20(21)26/h6-9,11-12,14-15,18H,10,13H2,1-5H3,(H,27,30). The van der Waals surface area contributed by atoms with Crippen LogP contribution in [-0.2, 0) is 4.79 Å². The van der Waals surface area contributed by atoms with Gasteiger partial charge in [-0.05, 0) is 43.5 Å². The molecular formula is C24H29ClFN3O2S. The zero-order valence-corrected chi connectivity index (χ0v) is 20.6. The molecule has 1 aliphatic rings. The Morgan fingerprint density at radius 3 is 2.59 bits per heavy atom. The fraction of sp³-hybridized carbons (Fsp3) is 0.417. The van der Waals surface area contributed by atoms with Gasteiger partial charge in [-0.15, -0.1) is 0 Å². The summed E-state index contributed by atoms with van der Waals surface area (Å²) in [6.45, 7) is 8.02. The molecule has 1 fully saturated rings. The fourth-order valence-corrected chi connectivity index (χ4v) is 4.67. The number of rotatable bonds is 7. The van der Waals surface area contributed by atoms with Gasteiger partial charge in [0, 0.05) is 37.0 Å². The summed E-state index contributed by atoms with van der Waals surface area (Å²) in [5.74, 6) is 0.956. The van der Waals surface area contributed by atoms with Crippen LogP contribution < -0.4 is 10.1 Å². The molecule has 1 N–H and O–H groups in total. The molecule has 0 aromatic heterocycles. The van der Waals surface area contributed by atoms with Gasteiger partial charge in [-0.2, -0.15) is 0 Å². The summed E-state index contributed by atoms with van der Waals surface area (Å²) in [6, 6.07) is 10.6. The number of amidine groups is 1. The van der Waals surface area contributed by atoms with E-state index in [9.17, 15) is 9.18 Å². The van der Waals surface area contributed by atoms with Gasteiger partial charge < -0.3 is 15.0 Å². The number of thioether (sulfide) groups is 1. The van der Waals surface area contributed by atoms with Gasteiger partial charge in [0.2, 0.25) is 5.91 Å². The number of nitrogens with one attached hydrogen (secondary N) is 1. The lowest BCUT2D eigenvalue weighted by Crippen LogP contribution is -2.33. The maximum Gasteiger partial charge on any atom is 0.226 e. The molecule has 32 heavy (non-hydrogen) atoms. The van der Waals surface area contributed by atoms with E-state index in [4.69, 9.17) is 16.3 Å². The molecule has 0 radical (unpaired) electrons. The van der Waals surface area contributed by atoms with Crippen LogP contribution in [0.25, 0.3) is 0 Å². The zero-order chi connectivity index (χ0) is 23.4. The van der Waals surface area contributed by atoms with E-state index in [1.807, 2.05) is 50.1 Å². The summed E-state index contributed by atoms with van der Waals surface area (Å²) in [6.07, 6.45) is 0.227. The van der Waals surface area contributed by atoms with Crippen LogP contribution in [0.3, 0.4) is 0 Å². The molecule has 0 spiro atoms. The van der Waals surface area contributed by atoms with Crippen LogP contribution in [0.2, 0.25) is 5.02 Å². The number of hydrogen-bond donors (Lipinski definition) is 1. The van der Waals surface area contributed by atoms with E-state index in [-0.39, 0.29) is 28.8 Å². The molecule has 1 amide bonds. The number of benzene rings is 2. The molecule has 1 unspecified atom stereocenters. The Labute approximate surface area is 198 Å². The minimum atomic E-state index is -0.515. The molecule has 2 aromatic carbocycles. The highest BCUT2D eigenvalue weighted by molar-refractivity contribution is 8.14. The first-order chi connectivity index (χ1) is 15.1. The van der Waals surface area contributed by atoms with Crippen molar-refractivity contribution < 1.29 is 13.9 Å². The van der Waals surface area contributed by atoms with Gasteiger partial charge in [0.25, 0.3) is 0 Å². The first kappa shape index (κ1) is 24.4. The summed E-state index contributed by atoms with van der Waals surface area (Å²) in [7, 11) is 1.87. The van der Waals surface area contributed by atoms with E-state index >= 15 is 0 Å². The van der Waals surface area contributed by atoms with Gasteiger partial charge in [-0.3, -0.25) is 4.79 Å². The largest absolute Gasteiger partial charge is 0.489 e. The Bertz CT molecular complexity index is 995. The van der Waals surface area contributed by atoms with E-state index in [1.165, 1.54) is 29.5 Å². The second-order valence-electron chi connectivity index (χ2n) is 8.40. The summed E-state index contributed by atoms with van der Waals surface area (Å²) in [5, 5.41) is 3.82. The van der Waals surface area contributed by atoms with E-state index in [0.717, 1.165) is 5.69 Å². The average Bonchev–Trinajstić information content (AvgIpc) is 3.05. The number of ether oxygens (including phenoxy) is 1. The molecule has 1 atom stereocenters. The van der Waals surface area contributed by atoms with Gasteiger partial charge in [-0.25, -0.2) is 9.38 Å². The molecule has 1 aliphatic heterocycles. The lowest BCUT2D eigenvalue weighted by Gasteiger charge is -2.20. The van der Waals surface area contributed by atoms with Crippen LogP contribution in [0.1, 0.15) is 45.6 Å². The second kappa shape index (κ2) is 10.6. The SMILES string of the molecule is CC(C)Oc1cc(N=C2SCC(CC(=O)Nc3ccc(C(C)C)cc3)N2C)c(F)cc1Cl. The topological polar surface area (TPSA) is 53.9 Å². The molecule has 1 heterocycles. The Morgan fingerprint density at radius 1 is 1.28 bits per heavy atom. The highest BCUT2D eigenvalue weighted by Gasteiger charge is 2.29. The van der Waals surface area contributed by atoms with Crippen molar-refractivity contribution in [3.8, 4) is 5.75 Å². The van der Waals surface area contributed by atoms with Crippen molar-refractivity contribution in [2.24, 2.45) is 4.99 Å². The molecule has 1 saturated heterocycles. The molecule has 5 nitrogen and oxygen atoms in total. The third-order valence-corrected chi connectivity index (χ3v) is 6.60. The molecule has 8 heteroatoms. The van der Waals surface area contributed by atoms with Crippen molar-refractivity contribution >= 4 is 45.8 Å². The quantitative estimate of drug-likeness (QED) is 0.497. The predicted molar refractivity (Wildman–Crippen MR) is 132 cm³/mol. The normalized spacial score (nSPS) is 17.5. The summed E-state index contributed by atoms with van der Waals surface area (Å²) < 4.78 is 20.1. The number of halogens is 2. The van der Waals surface area contributed by atoms with Crippen LogP contribution in [0.15, 0.2) is 41.4 Å². The van der Waals surface area contributed by atoms with Crippen molar-refractivity contribution in [3.63, 3.8) is 0 Å². The summed E-state index contributed by atoms with van der Waals surface area (Å²) in [4.78, 5) is 19.0. The molecule has 2 aromatic rings. The van der Waals surface area contributed by atoms with Gasteiger partial charge in [-0.1, -0.05) is 49.3 Å². The molecule has 172 valence electrons. The number of hydrogen-bond acceptors (Lipinski definition) is 4. The van der Waals surface area contributed by atoms with E-state index in [1.54, 1.807) is 0 Å². The summed E-state index contributed by atoms with van der Waals surface area (Å²) in [5.41, 5.74) is 2.17. The van der Waals surface area contributed by atoms with Crippen LogP contribution in [-0.4, -0.2) is 40.9 Å². The smallest absolute Gasteiger partial charge is 0.226 e. The lowest BCUT2D eigenvalue weighted by molar-refractivity contribution is -0.116. The number of carbonyl (C=O) groups is 1. The second-order valence-corrected chi connectivity index (χ2v) is 9.79. The average molecular weight is 478 g/mol. The Balaban J connectivity index is 1.66. The van der Waals surface area contributed by atoms with Gasteiger partial charge in [0.05, 0.1) is 11.1 Å². The minimum Gasteiger partial charge on any atom is -0.489 e.